The summed E-state index contributed by atoms with van der Waals surface area (Å²) >= 11 is 6.25. The van der Waals surface area contributed by atoms with Gasteiger partial charge in [0, 0.05) is 11.9 Å². The quantitative estimate of drug-likeness (QED) is 0.752. The van der Waals surface area contributed by atoms with Gasteiger partial charge in [-0.25, -0.2) is 9.97 Å². The first kappa shape index (κ1) is 13.3. The predicted molar refractivity (Wildman–Crippen MR) is 80.8 cm³/mol. The van der Waals surface area contributed by atoms with E-state index in [0.717, 1.165) is 23.0 Å². The van der Waals surface area contributed by atoms with E-state index < -0.39 is 0 Å². The van der Waals surface area contributed by atoms with Gasteiger partial charge in [0.15, 0.2) is 5.15 Å². The van der Waals surface area contributed by atoms with Crippen molar-refractivity contribution in [3.63, 3.8) is 0 Å². The van der Waals surface area contributed by atoms with E-state index in [0.29, 0.717) is 22.4 Å². The zero-order valence-electron chi connectivity index (χ0n) is 11.5. The number of fused-ring (bicyclic) bond motifs is 3. The number of halogens is 1. The van der Waals surface area contributed by atoms with Gasteiger partial charge in [0.1, 0.15) is 17.9 Å². The van der Waals surface area contributed by atoms with Crippen LogP contribution >= 0.6 is 11.6 Å². The number of benzene rings is 1. The lowest BCUT2D eigenvalue weighted by Gasteiger charge is -2.11. The van der Waals surface area contributed by atoms with Crippen molar-refractivity contribution in [2.75, 3.05) is 0 Å². The lowest BCUT2D eigenvalue weighted by Crippen LogP contribution is -2.08. The number of nitrogens with zero attached hydrogens (tertiary/aromatic N) is 3. The average Bonchev–Trinajstić information content (AvgIpc) is 2.78. The fourth-order valence-electron chi connectivity index (χ4n) is 2.53. The minimum atomic E-state index is -0.105. The van der Waals surface area contributed by atoms with Gasteiger partial charge in [-0.05, 0) is 12.0 Å². The summed E-state index contributed by atoms with van der Waals surface area (Å²) in [7, 11) is 0. The molecule has 0 aliphatic rings. The SMILES string of the molecule is CC(C)Cn1c(CO)nc2c(Cl)nc3ccccc3c21. The van der Waals surface area contributed by atoms with Crippen molar-refractivity contribution >= 4 is 33.5 Å². The van der Waals surface area contributed by atoms with Crippen LogP contribution in [-0.2, 0) is 13.2 Å². The second-order valence-corrected chi connectivity index (χ2v) is 5.67. The second-order valence-electron chi connectivity index (χ2n) is 5.31. The molecule has 0 fully saturated rings. The molecule has 0 spiro atoms. The molecular weight excluding hydrogens is 274 g/mol. The molecule has 0 radical (unpaired) electrons. The van der Waals surface area contributed by atoms with Crippen molar-refractivity contribution < 1.29 is 5.11 Å². The zero-order chi connectivity index (χ0) is 14.3. The molecule has 3 aromatic rings. The first-order chi connectivity index (χ1) is 9.61. The highest BCUT2D eigenvalue weighted by atomic mass is 35.5. The van der Waals surface area contributed by atoms with Crippen molar-refractivity contribution in [1.82, 2.24) is 14.5 Å². The Morgan fingerprint density at radius 1 is 1.25 bits per heavy atom. The summed E-state index contributed by atoms with van der Waals surface area (Å²) in [5.74, 6) is 1.08. The third-order valence-corrected chi connectivity index (χ3v) is 3.57. The summed E-state index contributed by atoms with van der Waals surface area (Å²) in [6.45, 7) is 4.96. The minimum Gasteiger partial charge on any atom is -0.388 e. The number of para-hydroxylation sites is 1. The number of hydrogen-bond acceptors (Lipinski definition) is 3. The van der Waals surface area contributed by atoms with Gasteiger partial charge in [0.25, 0.3) is 0 Å². The molecule has 0 saturated carbocycles. The Morgan fingerprint density at radius 3 is 2.70 bits per heavy atom. The minimum absolute atomic E-state index is 0.105. The van der Waals surface area contributed by atoms with Gasteiger partial charge in [-0.2, -0.15) is 0 Å². The Morgan fingerprint density at radius 2 is 2.00 bits per heavy atom. The fraction of sp³-hybridized carbons (Fsp3) is 0.333. The highest BCUT2D eigenvalue weighted by molar-refractivity contribution is 6.35. The van der Waals surface area contributed by atoms with Gasteiger partial charge in [-0.3, -0.25) is 0 Å². The van der Waals surface area contributed by atoms with E-state index in [4.69, 9.17) is 11.6 Å². The van der Waals surface area contributed by atoms with Crippen LogP contribution in [0.3, 0.4) is 0 Å². The first-order valence-electron chi connectivity index (χ1n) is 6.66. The molecule has 104 valence electrons. The lowest BCUT2D eigenvalue weighted by atomic mass is 10.1. The Kier molecular flexibility index (Phi) is 3.36. The highest BCUT2D eigenvalue weighted by Crippen LogP contribution is 2.30. The van der Waals surface area contributed by atoms with Gasteiger partial charge in [-0.15, -0.1) is 0 Å². The molecule has 0 aliphatic carbocycles. The summed E-state index contributed by atoms with van der Waals surface area (Å²) in [6.07, 6.45) is 0. The second kappa shape index (κ2) is 5.04. The van der Waals surface area contributed by atoms with E-state index in [1.165, 1.54) is 0 Å². The standard InChI is InChI=1S/C15H16ClN3O/c1-9(2)7-19-12(8-20)18-13-14(19)10-5-3-4-6-11(10)17-15(13)16/h3-6,9,20H,7-8H2,1-2H3. The van der Waals surface area contributed by atoms with Gasteiger partial charge < -0.3 is 9.67 Å². The maximum absolute atomic E-state index is 9.55. The van der Waals surface area contributed by atoms with E-state index in [1.54, 1.807) is 0 Å². The van der Waals surface area contributed by atoms with E-state index >= 15 is 0 Å². The van der Waals surface area contributed by atoms with E-state index in [-0.39, 0.29) is 6.61 Å². The summed E-state index contributed by atoms with van der Waals surface area (Å²) in [6, 6.07) is 7.86. The Balaban J connectivity index is 2.44. The number of aliphatic hydroxyl groups is 1. The third kappa shape index (κ3) is 2.05. The van der Waals surface area contributed by atoms with Crippen LogP contribution in [-0.4, -0.2) is 19.6 Å². The normalized spacial score (nSPS) is 11.8. The Labute approximate surface area is 122 Å². The maximum atomic E-state index is 9.55. The largest absolute Gasteiger partial charge is 0.388 e. The van der Waals surface area contributed by atoms with Gasteiger partial charge in [-0.1, -0.05) is 43.6 Å². The molecule has 1 N–H and O–H groups in total. The lowest BCUT2D eigenvalue weighted by molar-refractivity contribution is 0.264. The molecule has 5 heteroatoms. The predicted octanol–water partition coefficient (Wildman–Crippen LogP) is 3.39. The number of pyridine rings is 1. The molecule has 0 atom stereocenters. The van der Waals surface area contributed by atoms with Crippen LogP contribution in [0, 0.1) is 5.92 Å². The molecule has 0 aliphatic heterocycles. The molecule has 2 aromatic heterocycles. The van der Waals surface area contributed by atoms with Crippen LogP contribution in [0.25, 0.3) is 21.9 Å². The molecule has 1 aromatic carbocycles. The fourth-order valence-corrected chi connectivity index (χ4v) is 2.75. The number of hydrogen-bond donors (Lipinski definition) is 1. The topological polar surface area (TPSA) is 50.9 Å². The number of aromatic nitrogens is 3. The van der Waals surface area contributed by atoms with Crippen molar-refractivity contribution in [1.29, 1.82) is 0 Å². The van der Waals surface area contributed by atoms with E-state index in [2.05, 4.69) is 28.4 Å². The van der Waals surface area contributed by atoms with Crippen LogP contribution in [0.15, 0.2) is 24.3 Å². The monoisotopic (exact) mass is 289 g/mol. The summed E-state index contributed by atoms with van der Waals surface area (Å²) in [5, 5.41) is 10.9. The highest BCUT2D eigenvalue weighted by Gasteiger charge is 2.17. The number of imidazole rings is 1. The third-order valence-electron chi connectivity index (χ3n) is 3.31. The molecule has 0 amide bonds. The van der Waals surface area contributed by atoms with E-state index in [1.807, 2.05) is 24.3 Å². The van der Waals surface area contributed by atoms with Crippen LogP contribution in [0.5, 0.6) is 0 Å². The molecule has 20 heavy (non-hydrogen) atoms. The average molecular weight is 290 g/mol. The van der Waals surface area contributed by atoms with Crippen LogP contribution < -0.4 is 0 Å². The van der Waals surface area contributed by atoms with Crippen LogP contribution in [0.2, 0.25) is 5.15 Å². The van der Waals surface area contributed by atoms with Gasteiger partial charge >= 0.3 is 0 Å². The molecular formula is C15H16ClN3O. The number of aliphatic hydroxyl groups excluding tert-OH is 1. The molecule has 3 rings (SSSR count). The van der Waals surface area contributed by atoms with Gasteiger partial charge in [0.05, 0.1) is 11.0 Å². The smallest absolute Gasteiger partial charge is 0.157 e. The van der Waals surface area contributed by atoms with Crippen molar-refractivity contribution in [2.24, 2.45) is 5.92 Å². The first-order valence-corrected chi connectivity index (χ1v) is 7.03. The summed E-state index contributed by atoms with van der Waals surface area (Å²) < 4.78 is 2.05. The molecule has 0 bridgehead atoms. The molecule has 0 saturated heterocycles. The van der Waals surface area contributed by atoms with Crippen molar-refractivity contribution in [2.45, 2.75) is 27.0 Å². The molecule has 2 heterocycles. The maximum Gasteiger partial charge on any atom is 0.157 e. The summed E-state index contributed by atoms with van der Waals surface area (Å²) in [5.41, 5.74) is 2.47. The van der Waals surface area contributed by atoms with Crippen LogP contribution in [0.1, 0.15) is 19.7 Å². The summed E-state index contributed by atoms with van der Waals surface area (Å²) in [4.78, 5) is 8.83. The molecule has 4 nitrogen and oxygen atoms in total. The molecule has 0 unspecified atom stereocenters. The van der Waals surface area contributed by atoms with Gasteiger partial charge in [0.2, 0.25) is 0 Å². The Bertz CT molecular complexity index is 779. The van der Waals surface area contributed by atoms with Crippen molar-refractivity contribution in [3.05, 3.63) is 35.2 Å². The Hall–Kier alpha value is -1.65. The zero-order valence-corrected chi connectivity index (χ0v) is 12.2. The van der Waals surface area contributed by atoms with Crippen molar-refractivity contribution in [3.8, 4) is 0 Å². The number of rotatable bonds is 3. The van der Waals surface area contributed by atoms with E-state index in [9.17, 15) is 5.11 Å². The van der Waals surface area contributed by atoms with Crippen LogP contribution in [0.4, 0.5) is 0 Å².